The van der Waals surface area contributed by atoms with E-state index in [1.165, 1.54) is 17.2 Å². The number of unbranched alkanes of at least 4 members (excludes halogenated alkanes) is 1. The van der Waals surface area contributed by atoms with Crippen LogP contribution in [0.5, 0.6) is 11.5 Å². The fourth-order valence-corrected chi connectivity index (χ4v) is 6.40. The molecule has 196 valence electrons. The number of hydrogen-bond acceptors (Lipinski definition) is 9. The first-order valence-corrected chi connectivity index (χ1v) is 14.7. The molecule has 10 heteroatoms. The van der Waals surface area contributed by atoms with E-state index >= 15 is 0 Å². The fourth-order valence-electron chi connectivity index (χ4n) is 4.65. The minimum absolute atomic E-state index is 0.0458. The topological polar surface area (TPSA) is 96.8 Å². The maximum absolute atomic E-state index is 11.5. The van der Waals surface area contributed by atoms with E-state index in [1.807, 2.05) is 36.2 Å². The number of nitrogens with zero attached hydrogens (tertiary/aromatic N) is 3. The third kappa shape index (κ3) is 7.07. The summed E-state index contributed by atoms with van der Waals surface area (Å²) < 4.78 is 10.9. The van der Waals surface area contributed by atoms with Gasteiger partial charge in [-0.1, -0.05) is 6.07 Å². The van der Waals surface area contributed by atoms with E-state index in [4.69, 9.17) is 14.5 Å². The highest BCUT2D eigenvalue weighted by molar-refractivity contribution is 7.99. The van der Waals surface area contributed by atoms with Crippen molar-refractivity contribution < 1.29 is 19.4 Å². The Hall–Kier alpha value is -2.98. The third-order valence-electron chi connectivity index (χ3n) is 6.59. The predicted molar refractivity (Wildman–Crippen MR) is 149 cm³/mol. The van der Waals surface area contributed by atoms with Crippen molar-refractivity contribution in [3.8, 4) is 11.5 Å². The lowest BCUT2D eigenvalue weighted by molar-refractivity contribution is -0.137. The quantitative estimate of drug-likeness (QED) is 0.306. The molecule has 2 aromatic heterocycles. The number of aryl methyl sites for hydroxylation is 1. The van der Waals surface area contributed by atoms with Crippen molar-refractivity contribution in [2.24, 2.45) is 0 Å². The van der Waals surface area contributed by atoms with Gasteiger partial charge in [-0.3, -0.25) is 4.79 Å². The summed E-state index contributed by atoms with van der Waals surface area (Å²) >= 11 is 3.67. The molecule has 0 amide bonds. The second kappa shape index (κ2) is 12.5. The molecular formula is C27H32N4O4S2. The molecule has 1 unspecified atom stereocenters. The summed E-state index contributed by atoms with van der Waals surface area (Å²) in [5, 5.41) is 16.1. The number of benzene rings is 1. The van der Waals surface area contributed by atoms with Crippen LogP contribution in [0.15, 0.2) is 41.9 Å². The van der Waals surface area contributed by atoms with Crippen LogP contribution in [0.2, 0.25) is 0 Å². The molecule has 4 heterocycles. The molecule has 0 saturated carbocycles. The zero-order chi connectivity index (χ0) is 25.5. The lowest BCUT2D eigenvalue weighted by Gasteiger charge is -2.28. The Kier molecular flexibility index (Phi) is 8.68. The number of carboxylic acid groups (broad SMARTS) is 1. The standard InChI is InChI=1S/C27H32N4O4S2/c32-27(33)15-20(19-4-5-23-24(14-19)35-18-34-23)13-21-17-37-26(30-21)3-1-2-7-28-25-16-22(6-8-29-25)31-9-11-36-12-10-31/h4-6,8,14,16-17,20H,1-3,7,9-13,15,18H2,(H,28,29)(H,32,33). The number of thiazole rings is 1. The number of aliphatic carboxylic acids is 1. The highest BCUT2D eigenvalue weighted by Crippen LogP contribution is 2.36. The van der Waals surface area contributed by atoms with Gasteiger partial charge in [0.25, 0.3) is 0 Å². The Morgan fingerprint density at radius 1 is 1.14 bits per heavy atom. The van der Waals surface area contributed by atoms with Gasteiger partial charge in [-0.2, -0.15) is 11.8 Å². The van der Waals surface area contributed by atoms with E-state index in [2.05, 4.69) is 32.7 Å². The molecule has 1 atom stereocenters. The molecule has 0 aliphatic carbocycles. The number of aromatic nitrogens is 2. The van der Waals surface area contributed by atoms with Crippen LogP contribution < -0.4 is 19.7 Å². The summed E-state index contributed by atoms with van der Waals surface area (Å²) in [5.41, 5.74) is 3.12. The first kappa shape index (κ1) is 25.7. The monoisotopic (exact) mass is 540 g/mol. The normalized spacial score (nSPS) is 15.5. The minimum Gasteiger partial charge on any atom is -0.481 e. The predicted octanol–water partition coefficient (Wildman–Crippen LogP) is 5.06. The van der Waals surface area contributed by atoms with Crippen LogP contribution in [0, 0.1) is 0 Å². The zero-order valence-corrected chi connectivity index (χ0v) is 22.4. The highest BCUT2D eigenvalue weighted by Gasteiger charge is 2.22. The smallest absolute Gasteiger partial charge is 0.303 e. The Labute approximate surface area is 225 Å². The van der Waals surface area contributed by atoms with Crippen LogP contribution in [0.3, 0.4) is 0 Å². The van der Waals surface area contributed by atoms with Crippen LogP contribution >= 0.6 is 23.1 Å². The summed E-state index contributed by atoms with van der Waals surface area (Å²) in [6.45, 7) is 3.26. The van der Waals surface area contributed by atoms with Gasteiger partial charge in [0.15, 0.2) is 11.5 Å². The van der Waals surface area contributed by atoms with Crippen molar-refractivity contribution in [1.82, 2.24) is 9.97 Å². The van der Waals surface area contributed by atoms with Crippen molar-refractivity contribution in [3.63, 3.8) is 0 Å². The van der Waals surface area contributed by atoms with Gasteiger partial charge in [-0.05, 0) is 49.4 Å². The molecule has 0 radical (unpaired) electrons. The number of ether oxygens (including phenoxy) is 2. The maximum Gasteiger partial charge on any atom is 0.303 e. The van der Waals surface area contributed by atoms with Crippen molar-refractivity contribution in [3.05, 3.63) is 58.2 Å². The molecule has 1 fully saturated rings. The third-order valence-corrected chi connectivity index (χ3v) is 8.49. The van der Waals surface area contributed by atoms with E-state index in [9.17, 15) is 9.90 Å². The van der Waals surface area contributed by atoms with Gasteiger partial charge < -0.3 is 24.8 Å². The molecule has 1 aromatic carbocycles. The minimum atomic E-state index is -0.819. The summed E-state index contributed by atoms with van der Waals surface area (Å²) in [6, 6.07) is 9.92. The number of nitrogens with one attached hydrogen (secondary N) is 1. The molecule has 2 aliphatic heterocycles. The van der Waals surface area contributed by atoms with Gasteiger partial charge in [0, 0.05) is 60.4 Å². The summed E-state index contributed by atoms with van der Waals surface area (Å²) in [4.78, 5) is 23.2. The zero-order valence-electron chi connectivity index (χ0n) is 20.7. The van der Waals surface area contributed by atoms with Gasteiger partial charge >= 0.3 is 5.97 Å². The molecule has 0 bridgehead atoms. The van der Waals surface area contributed by atoms with Crippen molar-refractivity contribution >= 4 is 40.6 Å². The van der Waals surface area contributed by atoms with Crippen LogP contribution in [0.25, 0.3) is 0 Å². The van der Waals surface area contributed by atoms with Gasteiger partial charge in [-0.15, -0.1) is 11.3 Å². The molecule has 1 saturated heterocycles. The number of anilines is 2. The first-order valence-electron chi connectivity index (χ1n) is 12.7. The Morgan fingerprint density at radius 3 is 2.86 bits per heavy atom. The maximum atomic E-state index is 11.5. The highest BCUT2D eigenvalue weighted by atomic mass is 32.2. The van der Waals surface area contributed by atoms with Crippen LogP contribution in [0.4, 0.5) is 11.5 Å². The summed E-state index contributed by atoms with van der Waals surface area (Å²) in [5.74, 6) is 3.68. The van der Waals surface area contributed by atoms with Gasteiger partial charge in [-0.25, -0.2) is 9.97 Å². The SMILES string of the molecule is O=C(O)CC(Cc1csc(CCCCNc2cc(N3CCSCC3)ccn2)n1)c1ccc2c(c1)OCO2. The Morgan fingerprint density at radius 2 is 2.00 bits per heavy atom. The fraction of sp³-hybridized carbons (Fsp3) is 0.444. The molecule has 37 heavy (non-hydrogen) atoms. The number of hydrogen-bond donors (Lipinski definition) is 2. The molecule has 0 spiro atoms. The molecule has 5 rings (SSSR count). The summed E-state index contributed by atoms with van der Waals surface area (Å²) in [6.07, 6.45) is 5.49. The van der Waals surface area contributed by atoms with Crippen molar-refractivity contribution in [2.75, 3.05) is 48.1 Å². The van der Waals surface area contributed by atoms with E-state index < -0.39 is 5.97 Å². The van der Waals surface area contributed by atoms with Gasteiger partial charge in [0.1, 0.15) is 5.82 Å². The number of carbonyl (C=O) groups is 1. The first-order chi connectivity index (χ1) is 18.1. The number of carboxylic acids is 1. The second-order valence-corrected chi connectivity index (χ2v) is 11.4. The number of fused-ring (bicyclic) bond motifs is 1. The average Bonchev–Trinajstić information content (AvgIpc) is 3.57. The van der Waals surface area contributed by atoms with Crippen molar-refractivity contribution in [1.29, 1.82) is 0 Å². The number of rotatable bonds is 12. The van der Waals surface area contributed by atoms with Crippen LogP contribution in [0.1, 0.15) is 41.4 Å². The molecule has 2 N–H and O–H groups in total. The van der Waals surface area contributed by atoms with E-state index in [0.29, 0.717) is 17.9 Å². The lowest BCUT2D eigenvalue weighted by Crippen LogP contribution is -2.32. The van der Waals surface area contributed by atoms with Gasteiger partial charge in [0.05, 0.1) is 17.1 Å². The van der Waals surface area contributed by atoms with E-state index in [1.54, 1.807) is 11.3 Å². The Bertz CT molecular complexity index is 1200. The largest absolute Gasteiger partial charge is 0.481 e. The van der Waals surface area contributed by atoms with Gasteiger partial charge in [0.2, 0.25) is 6.79 Å². The average molecular weight is 541 g/mol. The van der Waals surface area contributed by atoms with E-state index in [0.717, 1.165) is 61.0 Å². The number of pyridine rings is 1. The molecule has 8 nitrogen and oxygen atoms in total. The second-order valence-electron chi connectivity index (χ2n) is 9.23. The van der Waals surface area contributed by atoms with E-state index in [-0.39, 0.29) is 19.1 Å². The number of thioether (sulfide) groups is 1. The summed E-state index contributed by atoms with van der Waals surface area (Å²) in [7, 11) is 0. The van der Waals surface area contributed by atoms with Crippen LogP contribution in [-0.4, -0.2) is 59.0 Å². The van der Waals surface area contributed by atoms with Crippen molar-refractivity contribution in [2.45, 2.75) is 38.0 Å². The Balaban J connectivity index is 1.09. The van der Waals surface area contributed by atoms with Crippen LogP contribution in [-0.2, 0) is 17.6 Å². The molecule has 2 aliphatic rings. The molecular weight excluding hydrogens is 508 g/mol. The molecule has 3 aromatic rings. The lowest BCUT2D eigenvalue weighted by atomic mass is 9.91.